The summed E-state index contributed by atoms with van der Waals surface area (Å²) in [5, 5.41) is 0. The number of halogens is 4. The van der Waals surface area contributed by atoms with Crippen molar-refractivity contribution in [3.05, 3.63) is 52.4 Å². The summed E-state index contributed by atoms with van der Waals surface area (Å²) in [5.41, 5.74) is 0.315. The Morgan fingerprint density at radius 1 is 1.23 bits per heavy atom. The van der Waals surface area contributed by atoms with Gasteiger partial charge in [-0.25, -0.2) is 9.97 Å². The summed E-state index contributed by atoms with van der Waals surface area (Å²) >= 11 is 3.43. The number of rotatable bonds is 4. The highest BCUT2D eigenvalue weighted by molar-refractivity contribution is 9.10. The van der Waals surface area contributed by atoms with Gasteiger partial charge in [0.1, 0.15) is 17.8 Å². The van der Waals surface area contributed by atoms with Crippen LogP contribution in [0.3, 0.4) is 0 Å². The Kier molecular flexibility index (Phi) is 5.82. The van der Waals surface area contributed by atoms with E-state index in [0.717, 1.165) is 49.3 Å². The van der Waals surface area contributed by atoms with E-state index in [1.165, 1.54) is 5.56 Å². The van der Waals surface area contributed by atoms with Crippen molar-refractivity contribution in [2.24, 2.45) is 0 Å². The molecule has 0 bridgehead atoms. The molecule has 0 amide bonds. The second-order valence-electron chi connectivity index (χ2n) is 6.53. The molecule has 140 valence electrons. The van der Waals surface area contributed by atoms with Crippen LogP contribution >= 0.6 is 15.9 Å². The van der Waals surface area contributed by atoms with Crippen molar-refractivity contribution in [3.8, 4) is 0 Å². The van der Waals surface area contributed by atoms with Crippen molar-refractivity contribution in [2.45, 2.75) is 31.6 Å². The molecule has 0 spiro atoms. The predicted octanol–water partition coefficient (Wildman–Crippen LogP) is 4.36. The van der Waals surface area contributed by atoms with Crippen molar-refractivity contribution in [1.82, 2.24) is 14.9 Å². The summed E-state index contributed by atoms with van der Waals surface area (Å²) < 4.78 is 39.7. The van der Waals surface area contributed by atoms with Gasteiger partial charge < -0.3 is 4.90 Å². The van der Waals surface area contributed by atoms with Crippen LogP contribution < -0.4 is 4.90 Å². The molecule has 4 nitrogen and oxygen atoms in total. The molecule has 0 saturated carbocycles. The van der Waals surface area contributed by atoms with Gasteiger partial charge in [0.15, 0.2) is 0 Å². The zero-order valence-electron chi connectivity index (χ0n) is 14.4. The molecule has 1 aliphatic rings. The van der Waals surface area contributed by atoms with E-state index >= 15 is 0 Å². The highest BCUT2D eigenvalue weighted by Gasteiger charge is 2.33. The van der Waals surface area contributed by atoms with Crippen LogP contribution in [0.15, 0.2) is 41.1 Å². The number of likely N-dealkylation sites (N-methyl/N-ethyl adjacent to an activating group) is 1. The van der Waals surface area contributed by atoms with Gasteiger partial charge in [-0.1, -0.05) is 28.1 Å². The molecule has 1 aromatic carbocycles. The van der Waals surface area contributed by atoms with Crippen LogP contribution in [0.25, 0.3) is 0 Å². The first kappa shape index (κ1) is 19.1. The minimum atomic E-state index is -4.46. The van der Waals surface area contributed by atoms with Crippen LogP contribution in [0, 0.1) is 0 Å². The Balaban J connectivity index is 1.68. The number of piperidine rings is 1. The molecule has 0 aliphatic carbocycles. The summed E-state index contributed by atoms with van der Waals surface area (Å²) in [6, 6.07) is 9.34. The molecule has 1 aromatic heterocycles. The van der Waals surface area contributed by atoms with Crippen LogP contribution in [-0.4, -0.2) is 41.0 Å². The molecule has 2 aromatic rings. The lowest BCUT2D eigenvalue weighted by Gasteiger charge is -2.38. The van der Waals surface area contributed by atoms with Crippen LogP contribution in [0.4, 0.5) is 19.0 Å². The third-order valence-electron chi connectivity index (χ3n) is 4.65. The normalized spacial score (nSPS) is 18.7. The Labute approximate surface area is 159 Å². The largest absolute Gasteiger partial charge is 0.433 e. The minimum absolute atomic E-state index is 0.121. The summed E-state index contributed by atoms with van der Waals surface area (Å²) in [6.45, 7) is 2.60. The summed E-state index contributed by atoms with van der Waals surface area (Å²) in [4.78, 5) is 11.5. The van der Waals surface area contributed by atoms with Crippen molar-refractivity contribution >= 4 is 21.7 Å². The minimum Gasteiger partial charge on any atom is -0.355 e. The lowest BCUT2D eigenvalue weighted by molar-refractivity contribution is -0.141. The van der Waals surface area contributed by atoms with Crippen LogP contribution in [0.5, 0.6) is 0 Å². The first-order valence-electron chi connectivity index (χ1n) is 8.42. The second kappa shape index (κ2) is 7.92. The SMILES string of the molecule is CN(c1cc(C(F)(F)F)ncn1)C1CCCN(Cc2ccc(Br)cc2)C1. The van der Waals surface area contributed by atoms with Gasteiger partial charge in [0.25, 0.3) is 0 Å². The summed E-state index contributed by atoms with van der Waals surface area (Å²) in [7, 11) is 1.80. The number of likely N-dealkylation sites (tertiary alicyclic amines) is 1. The van der Waals surface area contributed by atoms with Crippen molar-refractivity contribution < 1.29 is 13.2 Å². The third kappa shape index (κ3) is 4.73. The number of hydrogen-bond donors (Lipinski definition) is 0. The Morgan fingerprint density at radius 2 is 1.96 bits per heavy atom. The van der Waals surface area contributed by atoms with Crippen molar-refractivity contribution in [3.63, 3.8) is 0 Å². The Morgan fingerprint density at radius 3 is 2.65 bits per heavy atom. The number of aromatic nitrogens is 2. The van der Waals surface area contributed by atoms with Gasteiger partial charge >= 0.3 is 6.18 Å². The first-order valence-corrected chi connectivity index (χ1v) is 9.21. The lowest BCUT2D eigenvalue weighted by Crippen LogP contribution is -2.46. The zero-order chi connectivity index (χ0) is 18.7. The molecule has 1 unspecified atom stereocenters. The molecule has 1 atom stereocenters. The Bertz CT molecular complexity index is 736. The van der Waals surface area contributed by atoms with E-state index in [9.17, 15) is 13.2 Å². The number of benzene rings is 1. The molecule has 0 N–H and O–H groups in total. The van der Waals surface area contributed by atoms with E-state index < -0.39 is 11.9 Å². The highest BCUT2D eigenvalue weighted by Crippen LogP contribution is 2.30. The van der Waals surface area contributed by atoms with Gasteiger partial charge in [-0.15, -0.1) is 0 Å². The van der Waals surface area contributed by atoms with Crippen molar-refractivity contribution in [1.29, 1.82) is 0 Å². The van der Waals surface area contributed by atoms with Gasteiger partial charge in [0, 0.05) is 36.7 Å². The molecule has 1 saturated heterocycles. The van der Waals surface area contributed by atoms with E-state index in [1.54, 1.807) is 7.05 Å². The van der Waals surface area contributed by atoms with Crippen LogP contribution in [-0.2, 0) is 12.7 Å². The zero-order valence-corrected chi connectivity index (χ0v) is 16.0. The van der Waals surface area contributed by atoms with E-state index in [2.05, 4.69) is 42.9 Å². The Hall–Kier alpha value is -1.67. The van der Waals surface area contributed by atoms with Gasteiger partial charge in [-0.2, -0.15) is 13.2 Å². The number of hydrogen-bond acceptors (Lipinski definition) is 4. The third-order valence-corrected chi connectivity index (χ3v) is 5.18. The van der Waals surface area contributed by atoms with E-state index in [-0.39, 0.29) is 6.04 Å². The first-order chi connectivity index (χ1) is 12.3. The molecule has 2 heterocycles. The van der Waals surface area contributed by atoms with E-state index in [1.807, 2.05) is 17.0 Å². The maximum absolute atomic E-state index is 12.9. The predicted molar refractivity (Wildman–Crippen MR) is 97.9 cm³/mol. The average molecular weight is 429 g/mol. The number of alkyl halides is 3. The lowest BCUT2D eigenvalue weighted by atomic mass is 10.0. The number of nitrogens with zero attached hydrogens (tertiary/aromatic N) is 4. The highest BCUT2D eigenvalue weighted by atomic mass is 79.9. The van der Waals surface area contributed by atoms with Crippen molar-refractivity contribution in [2.75, 3.05) is 25.0 Å². The van der Waals surface area contributed by atoms with Gasteiger partial charge in [0.05, 0.1) is 0 Å². The number of anilines is 1. The molecule has 8 heteroatoms. The molecule has 1 aliphatic heterocycles. The van der Waals surface area contributed by atoms with Crippen LogP contribution in [0.1, 0.15) is 24.1 Å². The fourth-order valence-corrected chi connectivity index (χ4v) is 3.49. The fraction of sp³-hybridized carbons (Fsp3) is 0.444. The van der Waals surface area contributed by atoms with Gasteiger partial charge in [-0.3, -0.25) is 4.90 Å². The van der Waals surface area contributed by atoms with E-state index in [0.29, 0.717) is 5.82 Å². The standard InChI is InChI=1S/C18H20BrF3N4/c1-25(17-9-16(18(20,21)22)23-12-24-17)15-3-2-8-26(11-15)10-13-4-6-14(19)7-5-13/h4-7,9,12,15H,2-3,8,10-11H2,1H3. The fourth-order valence-electron chi connectivity index (χ4n) is 3.22. The van der Waals surface area contributed by atoms with E-state index in [4.69, 9.17) is 0 Å². The maximum atomic E-state index is 12.9. The second-order valence-corrected chi connectivity index (χ2v) is 7.44. The molecule has 0 radical (unpaired) electrons. The monoisotopic (exact) mass is 428 g/mol. The van der Waals surface area contributed by atoms with Crippen LogP contribution in [0.2, 0.25) is 0 Å². The van der Waals surface area contributed by atoms with Gasteiger partial charge in [0.2, 0.25) is 0 Å². The molecule has 1 fully saturated rings. The topological polar surface area (TPSA) is 32.3 Å². The molecule has 26 heavy (non-hydrogen) atoms. The van der Waals surface area contributed by atoms with Gasteiger partial charge in [-0.05, 0) is 37.1 Å². The molecule has 3 rings (SSSR count). The average Bonchev–Trinajstić information content (AvgIpc) is 2.63. The smallest absolute Gasteiger partial charge is 0.355 e. The quantitative estimate of drug-likeness (QED) is 0.723. The molecular weight excluding hydrogens is 409 g/mol. The summed E-state index contributed by atoms with van der Waals surface area (Å²) in [5.74, 6) is 0.308. The molecular formula is C18H20BrF3N4. The maximum Gasteiger partial charge on any atom is 0.433 e. The summed E-state index contributed by atoms with van der Waals surface area (Å²) in [6.07, 6.45) is -1.54.